The van der Waals surface area contributed by atoms with Gasteiger partial charge in [-0.25, -0.2) is 9.78 Å². The normalized spacial score (nSPS) is 18.8. The minimum absolute atomic E-state index is 0.119. The van der Waals surface area contributed by atoms with E-state index in [2.05, 4.69) is 43.0 Å². The Bertz CT molecular complexity index is 1050. The lowest BCUT2D eigenvalue weighted by atomic mass is 9.84. The average molecular weight is 511 g/mol. The lowest BCUT2D eigenvalue weighted by Crippen LogP contribution is -2.51. The maximum absolute atomic E-state index is 13.5. The molecule has 2 N–H and O–H groups in total. The minimum Gasteiger partial charge on any atom is -0.453 e. The smallest absolute Gasteiger partial charge is 0.407 e. The molecule has 1 fully saturated rings. The molecule has 2 aromatic rings. The van der Waals surface area contributed by atoms with E-state index < -0.39 is 12.1 Å². The number of H-pyrrole nitrogens is 1. The van der Waals surface area contributed by atoms with Crippen LogP contribution in [-0.4, -0.2) is 72.9 Å². The number of methoxy groups -OCH3 is 2. The summed E-state index contributed by atoms with van der Waals surface area (Å²) in [7, 11) is 4.72. The van der Waals surface area contributed by atoms with Gasteiger partial charge in [0.05, 0.1) is 31.1 Å². The molecule has 0 saturated carbocycles. The first-order chi connectivity index (χ1) is 17.5. The SMILES string of the molecule is COC(=O)N[C@H](C(=O)N1C[C@@H](OC)C[C@H]1c1ncc(-c2ccc([B]OC(C)(C)C(C)C)cc2)[nH]1)C(C)C. The Morgan fingerprint density at radius 1 is 1.16 bits per heavy atom. The zero-order valence-electron chi connectivity index (χ0n) is 23.2. The Hall–Kier alpha value is -2.85. The summed E-state index contributed by atoms with van der Waals surface area (Å²) in [6.45, 7) is 12.6. The number of aromatic nitrogens is 2. The van der Waals surface area contributed by atoms with E-state index in [4.69, 9.17) is 14.1 Å². The van der Waals surface area contributed by atoms with E-state index in [0.29, 0.717) is 24.7 Å². The monoisotopic (exact) mass is 511 g/mol. The van der Waals surface area contributed by atoms with Gasteiger partial charge in [-0.2, -0.15) is 0 Å². The Balaban J connectivity index is 1.76. The first-order valence-electron chi connectivity index (χ1n) is 12.8. The molecule has 9 nitrogen and oxygen atoms in total. The highest BCUT2D eigenvalue weighted by molar-refractivity contribution is 6.47. The molecule has 0 unspecified atom stereocenters. The second-order valence-corrected chi connectivity index (χ2v) is 10.8. The highest BCUT2D eigenvalue weighted by atomic mass is 16.5. The van der Waals surface area contributed by atoms with Gasteiger partial charge >= 0.3 is 13.6 Å². The molecule has 1 aliphatic heterocycles. The van der Waals surface area contributed by atoms with Gasteiger partial charge in [-0.1, -0.05) is 57.4 Å². The largest absolute Gasteiger partial charge is 0.453 e. The average Bonchev–Trinajstić information content (AvgIpc) is 3.53. The fraction of sp³-hybridized carbons (Fsp3) is 0.593. The third kappa shape index (κ3) is 6.93. The van der Waals surface area contributed by atoms with Crippen molar-refractivity contribution < 1.29 is 23.7 Å². The van der Waals surface area contributed by atoms with Crippen LogP contribution in [0.1, 0.15) is 59.8 Å². The highest BCUT2D eigenvalue weighted by Crippen LogP contribution is 2.34. The number of nitrogens with one attached hydrogen (secondary N) is 2. The van der Waals surface area contributed by atoms with Crippen LogP contribution >= 0.6 is 0 Å². The molecule has 1 aliphatic rings. The summed E-state index contributed by atoms with van der Waals surface area (Å²) in [5.41, 5.74) is 2.56. The van der Waals surface area contributed by atoms with Crippen molar-refractivity contribution in [1.82, 2.24) is 20.2 Å². The lowest BCUT2D eigenvalue weighted by Gasteiger charge is -2.30. The third-order valence-electron chi connectivity index (χ3n) is 7.29. The van der Waals surface area contributed by atoms with Crippen LogP contribution in [0.3, 0.4) is 0 Å². The molecule has 1 radical (unpaired) electrons. The van der Waals surface area contributed by atoms with Crippen molar-refractivity contribution in [3.8, 4) is 11.3 Å². The van der Waals surface area contributed by atoms with Gasteiger partial charge in [-0.05, 0) is 31.2 Å². The number of imidazole rings is 1. The van der Waals surface area contributed by atoms with Crippen molar-refractivity contribution in [3.63, 3.8) is 0 Å². The molecule has 3 atom stereocenters. The first-order valence-corrected chi connectivity index (χ1v) is 12.8. The molecule has 0 bridgehead atoms. The number of alkyl carbamates (subject to hydrolysis) is 1. The quantitative estimate of drug-likeness (QED) is 0.474. The molecule has 1 saturated heterocycles. The summed E-state index contributed by atoms with van der Waals surface area (Å²) in [5, 5.41) is 2.67. The summed E-state index contributed by atoms with van der Waals surface area (Å²) < 4.78 is 16.3. The Morgan fingerprint density at radius 2 is 1.84 bits per heavy atom. The summed E-state index contributed by atoms with van der Waals surface area (Å²) >= 11 is 0. The van der Waals surface area contributed by atoms with E-state index in [1.807, 2.05) is 38.1 Å². The first kappa shape index (κ1) is 28.7. The van der Waals surface area contributed by atoms with Crippen molar-refractivity contribution in [1.29, 1.82) is 0 Å². The van der Waals surface area contributed by atoms with Crippen LogP contribution in [0.5, 0.6) is 0 Å². The predicted molar refractivity (Wildman–Crippen MR) is 143 cm³/mol. The number of likely N-dealkylation sites (tertiary alicyclic amines) is 1. The lowest BCUT2D eigenvalue weighted by molar-refractivity contribution is -0.135. The Labute approximate surface area is 220 Å². The maximum Gasteiger partial charge on any atom is 0.407 e. The van der Waals surface area contributed by atoms with Crippen molar-refractivity contribution in [2.45, 2.75) is 71.8 Å². The van der Waals surface area contributed by atoms with E-state index in [1.54, 1.807) is 25.7 Å². The van der Waals surface area contributed by atoms with E-state index >= 15 is 0 Å². The second kappa shape index (κ2) is 12.1. The van der Waals surface area contributed by atoms with Gasteiger partial charge in [0, 0.05) is 25.7 Å². The molecule has 0 spiro atoms. The van der Waals surface area contributed by atoms with Crippen molar-refractivity contribution in [2.75, 3.05) is 20.8 Å². The number of carbonyl (C=O) groups is 2. The molecule has 37 heavy (non-hydrogen) atoms. The minimum atomic E-state index is -0.716. The third-order valence-corrected chi connectivity index (χ3v) is 7.29. The molecule has 1 aromatic carbocycles. The van der Waals surface area contributed by atoms with E-state index in [1.165, 1.54) is 7.11 Å². The number of nitrogens with zero attached hydrogens (tertiary/aromatic N) is 2. The van der Waals surface area contributed by atoms with Crippen LogP contribution in [-0.2, 0) is 18.9 Å². The summed E-state index contributed by atoms with van der Waals surface area (Å²) in [5.74, 6) is 0.762. The number of rotatable bonds is 10. The maximum atomic E-state index is 13.5. The number of hydrogen-bond acceptors (Lipinski definition) is 6. The second-order valence-electron chi connectivity index (χ2n) is 10.8. The molecule has 0 aliphatic carbocycles. The molecule has 10 heteroatoms. The summed E-state index contributed by atoms with van der Waals surface area (Å²) in [6, 6.07) is 7.02. The van der Waals surface area contributed by atoms with Gasteiger partial charge in [0.15, 0.2) is 0 Å². The van der Waals surface area contributed by atoms with Gasteiger partial charge in [0.25, 0.3) is 0 Å². The number of amides is 2. The van der Waals surface area contributed by atoms with Crippen LogP contribution in [0.15, 0.2) is 30.5 Å². The summed E-state index contributed by atoms with van der Waals surface area (Å²) in [6.07, 6.45) is 1.63. The van der Waals surface area contributed by atoms with Gasteiger partial charge < -0.3 is 29.3 Å². The van der Waals surface area contributed by atoms with E-state index in [0.717, 1.165) is 16.7 Å². The molecule has 201 valence electrons. The molecule has 3 rings (SSSR count). The van der Waals surface area contributed by atoms with Gasteiger partial charge in [-0.3, -0.25) is 4.79 Å². The predicted octanol–water partition coefficient (Wildman–Crippen LogP) is 3.44. The number of hydrogen-bond donors (Lipinski definition) is 2. The topological polar surface area (TPSA) is 106 Å². The van der Waals surface area contributed by atoms with Crippen LogP contribution < -0.4 is 10.8 Å². The molecule has 1 aromatic heterocycles. The van der Waals surface area contributed by atoms with Gasteiger partial charge in [-0.15, -0.1) is 0 Å². The molecular weight excluding hydrogens is 471 g/mol. The van der Waals surface area contributed by atoms with Crippen LogP contribution in [0, 0.1) is 11.8 Å². The zero-order chi connectivity index (χ0) is 27.3. The Morgan fingerprint density at radius 3 is 2.41 bits per heavy atom. The molecule has 2 heterocycles. The number of ether oxygens (including phenoxy) is 2. The van der Waals surface area contributed by atoms with Crippen LogP contribution in [0.2, 0.25) is 0 Å². The van der Waals surface area contributed by atoms with Crippen LogP contribution in [0.4, 0.5) is 4.79 Å². The molecular formula is C27H40BN4O5. The zero-order valence-corrected chi connectivity index (χ0v) is 23.2. The van der Waals surface area contributed by atoms with Crippen molar-refractivity contribution in [3.05, 3.63) is 36.3 Å². The van der Waals surface area contributed by atoms with Gasteiger partial charge in [0.1, 0.15) is 11.9 Å². The van der Waals surface area contributed by atoms with Crippen molar-refractivity contribution in [2.24, 2.45) is 11.8 Å². The number of carbonyl (C=O) groups excluding carboxylic acids is 2. The Kier molecular flexibility index (Phi) is 9.42. The van der Waals surface area contributed by atoms with Gasteiger partial charge in [0.2, 0.25) is 5.91 Å². The number of benzene rings is 1. The van der Waals surface area contributed by atoms with Crippen LogP contribution in [0.25, 0.3) is 11.3 Å². The van der Waals surface area contributed by atoms with E-state index in [-0.39, 0.29) is 29.6 Å². The molecule has 2 amide bonds. The standard InChI is InChI=1S/C27H40BN4O5/c1-16(2)23(31-26(34)36-8)25(33)32-15-20(35-7)13-22(32)24-29-14-21(30-24)18-9-11-19(12-10-18)28-37-27(5,6)17(3)4/h9-12,14,16-17,20,22-23H,13,15H2,1-8H3,(H,29,30)(H,31,34)/t20-,22-,23-/m0/s1. The highest BCUT2D eigenvalue weighted by Gasteiger charge is 2.41. The summed E-state index contributed by atoms with van der Waals surface area (Å²) in [4.78, 5) is 35.1. The fourth-order valence-electron chi connectivity index (χ4n) is 4.10. The van der Waals surface area contributed by atoms with E-state index in [9.17, 15) is 9.59 Å². The number of aromatic amines is 1. The fourth-order valence-corrected chi connectivity index (χ4v) is 4.10. The van der Waals surface area contributed by atoms with Crippen molar-refractivity contribution >= 4 is 24.9 Å².